The van der Waals surface area contributed by atoms with Gasteiger partial charge in [0.05, 0.1) is 16.8 Å². The Hall–Kier alpha value is -1.54. The number of hydrogen-bond acceptors (Lipinski definition) is 3. The monoisotopic (exact) mass is 451 g/mol. The van der Waals surface area contributed by atoms with Gasteiger partial charge >= 0.3 is 0 Å². The van der Waals surface area contributed by atoms with Crippen LogP contribution in [0.15, 0.2) is 42.5 Å². The summed E-state index contributed by atoms with van der Waals surface area (Å²) in [5.74, 6) is 1.67. The van der Waals surface area contributed by atoms with Crippen molar-refractivity contribution in [3.8, 4) is 0 Å². The number of carbonyl (C=O) groups is 1. The average molecular weight is 451 g/mol. The first-order valence-corrected chi connectivity index (χ1v) is 10.0. The molecule has 0 saturated heterocycles. The molecule has 0 spiro atoms. The number of hydrogen-bond donors (Lipinski definition) is 1. The Labute approximate surface area is 159 Å². The molecule has 0 saturated carbocycles. The minimum Gasteiger partial charge on any atom is -0.324 e. The Bertz CT molecular complexity index is 891. The maximum Gasteiger partial charge on any atom is 0.244 e. The summed E-state index contributed by atoms with van der Waals surface area (Å²) in [4.78, 5) is 17.2. The summed E-state index contributed by atoms with van der Waals surface area (Å²) < 4.78 is 3.16. The van der Waals surface area contributed by atoms with Crippen molar-refractivity contribution in [2.75, 3.05) is 11.6 Å². The predicted octanol–water partition coefficient (Wildman–Crippen LogP) is 4.45. The van der Waals surface area contributed by atoms with E-state index >= 15 is 0 Å². The molecule has 1 amide bonds. The lowest BCUT2D eigenvalue weighted by Crippen LogP contribution is -2.20. The fourth-order valence-corrected chi connectivity index (χ4v) is 3.77. The van der Waals surface area contributed by atoms with E-state index in [0.29, 0.717) is 0 Å². The molecule has 0 fully saturated rings. The van der Waals surface area contributed by atoms with Gasteiger partial charge in [-0.05, 0) is 71.7 Å². The van der Waals surface area contributed by atoms with Crippen molar-refractivity contribution < 1.29 is 4.79 Å². The summed E-state index contributed by atoms with van der Waals surface area (Å²) in [6.07, 6.45) is 2.04. The highest BCUT2D eigenvalue weighted by Gasteiger charge is 2.13. The number of amides is 1. The molecule has 1 aromatic heterocycles. The number of aryl methyl sites for hydroxylation is 1. The number of para-hydroxylation sites is 2. The zero-order valence-corrected chi connectivity index (χ0v) is 16.5. The number of carbonyl (C=O) groups excluding carboxylic acids is 1. The molecule has 2 aromatic carbocycles. The van der Waals surface area contributed by atoms with E-state index in [1.807, 2.05) is 54.1 Å². The number of rotatable bonds is 5. The zero-order valence-electron chi connectivity index (χ0n) is 13.5. The maximum atomic E-state index is 12.5. The van der Waals surface area contributed by atoms with E-state index in [9.17, 15) is 4.79 Å². The molecule has 0 atom stereocenters. The van der Waals surface area contributed by atoms with Crippen LogP contribution < -0.4 is 5.32 Å². The summed E-state index contributed by atoms with van der Waals surface area (Å²) in [6, 6.07) is 13.9. The zero-order chi connectivity index (χ0) is 17.1. The lowest BCUT2D eigenvalue weighted by Gasteiger charge is -2.11. The first-order valence-electron chi connectivity index (χ1n) is 7.57. The molecule has 124 valence electrons. The maximum absolute atomic E-state index is 12.5. The van der Waals surface area contributed by atoms with Gasteiger partial charge in [-0.25, -0.2) is 4.98 Å². The fourth-order valence-electron chi connectivity index (χ4n) is 2.64. The molecule has 0 unspecified atom stereocenters. The van der Waals surface area contributed by atoms with Gasteiger partial charge in [0.15, 0.2) is 0 Å². The second-order valence-electron chi connectivity index (χ2n) is 5.54. The van der Waals surface area contributed by atoms with Crippen molar-refractivity contribution in [3.63, 3.8) is 0 Å². The van der Waals surface area contributed by atoms with Crippen molar-refractivity contribution in [1.82, 2.24) is 9.55 Å². The molecule has 0 radical (unpaired) electrons. The topological polar surface area (TPSA) is 46.9 Å². The van der Waals surface area contributed by atoms with E-state index in [-0.39, 0.29) is 12.5 Å². The fraction of sp³-hybridized carbons (Fsp3) is 0.222. The molecular formula is C18H18IN3OS. The Balaban J connectivity index is 1.85. The number of aromatic nitrogens is 2. The molecule has 1 N–H and O–H groups in total. The van der Waals surface area contributed by atoms with Crippen LogP contribution in [0.25, 0.3) is 11.0 Å². The summed E-state index contributed by atoms with van der Waals surface area (Å²) in [5, 5.41) is 3.01. The Morgan fingerprint density at radius 3 is 2.83 bits per heavy atom. The standard InChI is InChI=1S/C18H18IN3OS/c1-12-9-13(19)7-8-14(12)21-18(23)10-22-16-6-4-3-5-15(16)20-17(22)11-24-2/h3-9H,10-11H2,1-2H3,(H,21,23). The van der Waals surface area contributed by atoms with Crippen LogP contribution in [0.1, 0.15) is 11.4 Å². The van der Waals surface area contributed by atoms with Gasteiger partial charge in [-0.1, -0.05) is 12.1 Å². The molecule has 0 aliphatic rings. The molecule has 24 heavy (non-hydrogen) atoms. The molecule has 4 nitrogen and oxygen atoms in total. The highest BCUT2D eigenvalue weighted by Crippen LogP contribution is 2.20. The van der Waals surface area contributed by atoms with Crippen molar-refractivity contribution in [1.29, 1.82) is 0 Å². The quantitative estimate of drug-likeness (QED) is 0.584. The van der Waals surface area contributed by atoms with Gasteiger partial charge in [0.1, 0.15) is 12.4 Å². The Morgan fingerprint density at radius 1 is 1.29 bits per heavy atom. The van der Waals surface area contributed by atoms with E-state index in [1.54, 1.807) is 11.8 Å². The number of imidazole rings is 1. The van der Waals surface area contributed by atoms with Crippen molar-refractivity contribution in [3.05, 3.63) is 57.4 Å². The van der Waals surface area contributed by atoms with E-state index < -0.39 is 0 Å². The average Bonchev–Trinajstić information content (AvgIpc) is 2.88. The number of nitrogens with one attached hydrogen (secondary N) is 1. The van der Waals surface area contributed by atoms with E-state index in [0.717, 1.165) is 37.4 Å². The Morgan fingerprint density at radius 2 is 2.08 bits per heavy atom. The first-order chi connectivity index (χ1) is 11.6. The summed E-state index contributed by atoms with van der Waals surface area (Å²) in [6.45, 7) is 2.27. The minimum absolute atomic E-state index is 0.0372. The van der Waals surface area contributed by atoms with Crippen LogP contribution in [0.2, 0.25) is 0 Å². The lowest BCUT2D eigenvalue weighted by molar-refractivity contribution is -0.116. The third kappa shape index (κ3) is 3.75. The van der Waals surface area contributed by atoms with Gasteiger partial charge in [0.25, 0.3) is 0 Å². The van der Waals surface area contributed by atoms with Crippen LogP contribution >= 0.6 is 34.4 Å². The SMILES string of the molecule is CSCc1nc2ccccc2n1CC(=O)Nc1ccc(I)cc1C. The summed E-state index contributed by atoms with van der Waals surface area (Å²) in [7, 11) is 0. The molecule has 0 aliphatic carbocycles. The van der Waals surface area contributed by atoms with Crippen LogP contribution in [0.3, 0.4) is 0 Å². The third-order valence-electron chi connectivity index (χ3n) is 3.77. The smallest absolute Gasteiger partial charge is 0.244 e. The van der Waals surface area contributed by atoms with E-state index in [1.165, 1.54) is 0 Å². The molecule has 3 aromatic rings. The van der Waals surface area contributed by atoms with E-state index in [2.05, 4.69) is 39.0 Å². The van der Waals surface area contributed by atoms with Gasteiger partial charge in [-0.2, -0.15) is 11.8 Å². The van der Waals surface area contributed by atoms with Gasteiger partial charge in [0, 0.05) is 9.26 Å². The van der Waals surface area contributed by atoms with Crippen LogP contribution in [0.4, 0.5) is 5.69 Å². The first kappa shape index (κ1) is 17.3. The van der Waals surface area contributed by atoms with Crippen molar-refractivity contribution >= 4 is 57.0 Å². The number of thioether (sulfide) groups is 1. The van der Waals surface area contributed by atoms with Crippen molar-refractivity contribution in [2.24, 2.45) is 0 Å². The van der Waals surface area contributed by atoms with Gasteiger partial charge < -0.3 is 9.88 Å². The number of benzene rings is 2. The summed E-state index contributed by atoms with van der Waals surface area (Å²) >= 11 is 3.97. The normalized spacial score (nSPS) is 11.0. The van der Waals surface area contributed by atoms with Gasteiger partial charge in [0.2, 0.25) is 5.91 Å². The number of halogens is 1. The molecule has 0 aliphatic heterocycles. The molecular weight excluding hydrogens is 433 g/mol. The third-order valence-corrected chi connectivity index (χ3v) is 4.99. The van der Waals surface area contributed by atoms with Crippen LogP contribution in [0.5, 0.6) is 0 Å². The second-order valence-corrected chi connectivity index (χ2v) is 7.65. The molecule has 6 heteroatoms. The molecule has 1 heterocycles. The van der Waals surface area contributed by atoms with Crippen molar-refractivity contribution in [2.45, 2.75) is 19.2 Å². The second kappa shape index (κ2) is 7.57. The van der Waals surface area contributed by atoms with Crippen LogP contribution in [0, 0.1) is 10.5 Å². The van der Waals surface area contributed by atoms with E-state index in [4.69, 9.17) is 0 Å². The van der Waals surface area contributed by atoms with Gasteiger partial charge in [-0.3, -0.25) is 4.79 Å². The van der Waals surface area contributed by atoms with Gasteiger partial charge in [-0.15, -0.1) is 0 Å². The molecule has 3 rings (SSSR count). The number of fused-ring (bicyclic) bond motifs is 1. The lowest BCUT2D eigenvalue weighted by atomic mass is 10.2. The minimum atomic E-state index is -0.0372. The molecule has 0 bridgehead atoms. The van der Waals surface area contributed by atoms with Crippen LogP contribution in [-0.4, -0.2) is 21.7 Å². The Kier molecular flexibility index (Phi) is 5.45. The predicted molar refractivity (Wildman–Crippen MR) is 109 cm³/mol. The highest BCUT2D eigenvalue weighted by atomic mass is 127. The largest absolute Gasteiger partial charge is 0.324 e. The highest BCUT2D eigenvalue weighted by molar-refractivity contribution is 14.1. The number of nitrogens with zero attached hydrogens (tertiary/aromatic N) is 2. The number of anilines is 1. The summed E-state index contributed by atoms with van der Waals surface area (Å²) in [5.41, 5.74) is 3.85. The van der Waals surface area contributed by atoms with Crippen LogP contribution in [-0.2, 0) is 17.1 Å².